The predicted octanol–water partition coefficient (Wildman–Crippen LogP) is 2.26. The monoisotopic (exact) mass is 400 g/mol. The van der Waals surface area contributed by atoms with Crippen LogP contribution in [0.15, 0.2) is 41.0 Å². The molecule has 3 heterocycles. The maximum atomic E-state index is 12.4. The number of anilines is 2. The second-order valence-corrected chi connectivity index (χ2v) is 6.85. The molecule has 1 aliphatic heterocycles. The highest BCUT2D eigenvalue weighted by atomic mass is 79.9. The number of hydrogen-bond acceptors (Lipinski definition) is 5. The minimum Gasteiger partial charge on any atom is -0.383 e. The number of nitrogens with zero attached hydrogens (tertiary/aromatic N) is 4. The zero-order chi connectivity index (χ0) is 17.4. The summed E-state index contributed by atoms with van der Waals surface area (Å²) in [6.07, 6.45) is 1.76. The van der Waals surface area contributed by atoms with Gasteiger partial charge >= 0.3 is 0 Å². The smallest absolute Gasteiger partial charge is 0.270 e. The van der Waals surface area contributed by atoms with Gasteiger partial charge in [-0.25, -0.2) is 4.98 Å². The summed E-state index contributed by atoms with van der Waals surface area (Å²) >= 11 is 3.44. The number of carbonyl (C=O) groups is 1. The number of benzene rings is 1. The van der Waals surface area contributed by atoms with Crippen LogP contribution in [0.5, 0.6) is 0 Å². The lowest BCUT2D eigenvalue weighted by Gasteiger charge is -2.34. The average Bonchev–Trinajstić information content (AvgIpc) is 3.16. The third kappa shape index (κ3) is 3.05. The molecule has 0 bridgehead atoms. The van der Waals surface area contributed by atoms with Gasteiger partial charge in [-0.3, -0.25) is 4.79 Å². The Morgan fingerprint density at radius 2 is 1.96 bits per heavy atom. The summed E-state index contributed by atoms with van der Waals surface area (Å²) in [4.78, 5) is 28.3. The maximum absolute atomic E-state index is 12.4. The quantitative estimate of drug-likeness (QED) is 0.688. The molecule has 1 aliphatic rings. The Morgan fingerprint density at radius 1 is 1.16 bits per heavy atom. The van der Waals surface area contributed by atoms with E-state index in [0.717, 1.165) is 15.4 Å². The highest BCUT2D eigenvalue weighted by molar-refractivity contribution is 9.10. The summed E-state index contributed by atoms with van der Waals surface area (Å²) in [5.74, 6) is 1.10. The van der Waals surface area contributed by atoms with E-state index in [1.54, 1.807) is 12.3 Å². The molecular formula is C17H17BrN6O. The first-order valence-electron chi connectivity index (χ1n) is 8.02. The van der Waals surface area contributed by atoms with E-state index in [-0.39, 0.29) is 5.91 Å². The molecule has 4 rings (SSSR count). The third-order valence-corrected chi connectivity index (χ3v) is 4.85. The number of nitrogen functional groups attached to an aromatic ring is 1. The van der Waals surface area contributed by atoms with Crippen LogP contribution < -0.4 is 10.6 Å². The van der Waals surface area contributed by atoms with Crippen LogP contribution in [-0.4, -0.2) is 51.9 Å². The van der Waals surface area contributed by atoms with Crippen molar-refractivity contribution in [3.05, 3.63) is 46.7 Å². The molecule has 8 heteroatoms. The molecule has 25 heavy (non-hydrogen) atoms. The molecule has 1 aromatic carbocycles. The van der Waals surface area contributed by atoms with Crippen LogP contribution in [0.25, 0.3) is 10.9 Å². The molecule has 3 N–H and O–H groups in total. The summed E-state index contributed by atoms with van der Waals surface area (Å²) in [5.41, 5.74) is 7.54. The van der Waals surface area contributed by atoms with Gasteiger partial charge in [0.25, 0.3) is 5.91 Å². The molecule has 0 unspecified atom stereocenters. The minimum absolute atomic E-state index is 0.0217. The van der Waals surface area contributed by atoms with Crippen LogP contribution in [0.1, 0.15) is 10.5 Å². The molecule has 128 valence electrons. The number of aromatic amines is 1. The first-order valence-corrected chi connectivity index (χ1v) is 8.81. The molecule has 1 amide bonds. The van der Waals surface area contributed by atoms with Crippen molar-refractivity contribution in [3.63, 3.8) is 0 Å². The van der Waals surface area contributed by atoms with E-state index in [0.29, 0.717) is 43.6 Å². The molecule has 0 atom stereocenters. The van der Waals surface area contributed by atoms with Gasteiger partial charge in [0.15, 0.2) is 0 Å². The van der Waals surface area contributed by atoms with Crippen molar-refractivity contribution in [2.75, 3.05) is 36.8 Å². The maximum Gasteiger partial charge on any atom is 0.270 e. The zero-order valence-corrected chi connectivity index (χ0v) is 15.0. The number of halogens is 1. The standard InChI is InChI=1S/C17H17BrN6O/c18-11-3-4-13-12(10-11)15(19)22-17(21-13)24-8-6-23(7-9-24)16(25)14-2-1-5-20-14/h1-5,10,20H,6-9H2,(H2,19,21,22). The summed E-state index contributed by atoms with van der Waals surface area (Å²) < 4.78 is 0.944. The van der Waals surface area contributed by atoms with Gasteiger partial charge in [0.2, 0.25) is 5.95 Å². The first kappa shape index (κ1) is 15.9. The molecule has 0 saturated carbocycles. The Morgan fingerprint density at radius 3 is 2.68 bits per heavy atom. The number of hydrogen-bond donors (Lipinski definition) is 2. The molecule has 2 aromatic heterocycles. The lowest BCUT2D eigenvalue weighted by Crippen LogP contribution is -2.49. The largest absolute Gasteiger partial charge is 0.383 e. The van der Waals surface area contributed by atoms with E-state index >= 15 is 0 Å². The fourth-order valence-electron chi connectivity index (χ4n) is 3.00. The molecule has 0 radical (unpaired) electrons. The van der Waals surface area contributed by atoms with Gasteiger partial charge in [0.1, 0.15) is 11.5 Å². The van der Waals surface area contributed by atoms with Crippen LogP contribution in [0.4, 0.5) is 11.8 Å². The van der Waals surface area contributed by atoms with Crippen LogP contribution in [0, 0.1) is 0 Å². The normalized spacial score (nSPS) is 14.9. The molecule has 0 spiro atoms. The number of carbonyl (C=O) groups excluding carboxylic acids is 1. The number of aromatic nitrogens is 3. The highest BCUT2D eigenvalue weighted by Gasteiger charge is 2.24. The lowest BCUT2D eigenvalue weighted by molar-refractivity contribution is 0.0741. The van der Waals surface area contributed by atoms with Crippen molar-refractivity contribution in [1.82, 2.24) is 19.9 Å². The zero-order valence-electron chi connectivity index (χ0n) is 13.4. The summed E-state index contributed by atoms with van der Waals surface area (Å²) in [6, 6.07) is 9.40. The Hall–Kier alpha value is -2.61. The van der Waals surface area contributed by atoms with E-state index in [2.05, 4.69) is 35.8 Å². The summed E-state index contributed by atoms with van der Waals surface area (Å²) in [7, 11) is 0. The van der Waals surface area contributed by atoms with Crippen molar-refractivity contribution in [2.24, 2.45) is 0 Å². The van der Waals surface area contributed by atoms with Crippen molar-refractivity contribution in [3.8, 4) is 0 Å². The van der Waals surface area contributed by atoms with Crippen molar-refractivity contribution < 1.29 is 4.79 Å². The summed E-state index contributed by atoms with van der Waals surface area (Å²) in [6.45, 7) is 2.60. The first-order chi connectivity index (χ1) is 12.1. The summed E-state index contributed by atoms with van der Waals surface area (Å²) in [5, 5.41) is 0.832. The van der Waals surface area contributed by atoms with Gasteiger partial charge in [0.05, 0.1) is 5.52 Å². The SMILES string of the molecule is Nc1nc(N2CCN(C(=O)c3ccc[nH]3)CC2)nc2ccc(Br)cc12. The van der Waals surface area contributed by atoms with Gasteiger partial charge in [0, 0.05) is 42.2 Å². The third-order valence-electron chi connectivity index (χ3n) is 4.35. The van der Waals surface area contributed by atoms with Crippen LogP contribution in [-0.2, 0) is 0 Å². The van der Waals surface area contributed by atoms with Crippen LogP contribution >= 0.6 is 15.9 Å². The highest BCUT2D eigenvalue weighted by Crippen LogP contribution is 2.25. The topological polar surface area (TPSA) is 91.1 Å². The molecular weight excluding hydrogens is 384 g/mol. The van der Waals surface area contributed by atoms with E-state index < -0.39 is 0 Å². The Balaban J connectivity index is 1.52. The fourth-order valence-corrected chi connectivity index (χ4v) is 3.36. The van der Waals surface area contributed by atoms with Gasteiger partial charge in [-0.15, -0.1) is 0 Å². The number of nitrogens with two attached hydrogens (primary N) is 1. The van der Waals surface area contributed by atoms with E-state index in [9.17, 15) is 4.79 Å². The second kappa shape index (κ2) is 6.36. The number of nitrogens with one attached hydrogen (secondary N) is 1. The van der Waals surface area contributed by atoms with Gasteiger partial charge < -0.3 is 20.5 Å². The van der Waals surface area contributed by atoms with E-state index in [1.807, 2.05) is 29.2 Å². The number of amides is 1. The number of fused-ring (bicyclic) bond motifs is 1. The molecule has 1 fully saturated rings. The molecule has 0 aliphatic carbocycles. The fraction of sp³-hybridized carbons (Fsp3) is 0.235. The number of piperazine rings is 1. The Kier molecular flexibility index (Phi) is 4.04. The number of H-pyrrole nitrogens is 1. The molecule has 1 saturated heterocycles. The molecule has 3 aromatic rings. The van der Waals surface area contributed by atoms with Crippen LogP contribution in [0.2, 0.25) is 0 Å². The number of rotatable bonds is 2. The van der Waals surface area contributed by atoms with E-state index in [4.69, 9.17) is 5.73 Å². The van der Waals surface area contributed by atoms with Gasteiger partial charge in [-0.05, 0) is 30.3 Å². The van der Waals surface area contributed by atoms with E-state index in [1.165, 1.54) is 0 Å². The minimum atomic E-state index is 0.0217. The predicted molar refractivity (Wildman–Crippen MR) is 101 cm³/mol. The van der Waals surface area contributed by atoms with Gasteiger partial charge in [-0.2, -0.15) is 4.98 Å². The van der Waals surface area contributed by atoms with Crippen molar-refractivity contribution in [2.45, 2.75) is 0 Å². The van der Waals surface area contributed by atoms with Gasteiger partial charge in [-0.1, -0.05) is 15.9 Å². The Bertz CT molecular complexity index is 918. The second-order valence-electron chi connectivity index (χ2n) is 5.93. The van der Waals surface area contributed by atoms with Crippen LogP contribution in [0.3, 0.4) is 0 Å². The van der Waals surface area contributed by atoms with Crippen molar-refractivity contribution in [1.29, 1.82) is 0 Å². The Labute approximate surface area is 153 Å². The lowest BCUT2D eigenvalue weighted by atomic mass is 10.2. The average molecular weight is 401 g/mol. The van der Waals surface area contributed by atoms with Crippen molar-refractivity contribution >= 4 is 44.5 Å². The molecule has 7 nitrogen and oxygen atoms in total.